The van der Waals surface area contributed by atoms with Crippen molar-refractivity contribution >= 4 is 23.8 Å². The topological polar surface area (TPSA) is 0 Å². The molecule has 3 aromatic carbocycles. The number of rotatable bonds is 5. The van der Waals surface area contributed by atoms with Crippen molar-refractivity contribution in [1.82, 2.24) is 0 Å². The van der Waals surface area contributed by atoms with Crippen LogP contribution in [-0.2, 0) is 6.42 Å². The monoisotopic (exact) mass is 302 g/mol. The van der Waals surface area contributed by atoms with E-state index in [2.05, 4.69) is 91.5 Å². The van der Waals surface area contributed by atoms with Crippen LogP contribution in [0.15, 0.2) is 97.6 Å². The summed E-state index contributed by atoms with van der Waals surface area (Å²) in [6.45, 7) is 3.91. The van der Waals surface area contributed by atoms with Crippen molar-refractivity contribution in [3.05, 3.63) is 103 Å². The van der Waals surface area contributed by atoms with Gasteiger partial charge in [0.05, 0.1) is 0 Å². The molecule has 3 aromatic rings. The molecule has 0 unspecified atom stereocenters. The minimum Gasteiger partial charge on any atom is -0.103 e. The Morgan fingerprint density at radius 3 is 1.73 bits per heavy atom. The maximum atomic E-state index is 3.91. The highest BCUT2D eigenvalue weighted by atomic mass is 31.1. The third-order valence-electron chi connectivity index (χ3n) is 3.63. The molecule has 0 aliphatic heterocycles. The fourth-order valence-electron chi connectivity index (χ4n) is 2.64. The first-order valence-corrected chi connectivity index (χ1v) is 8.83. The minimum absolute atomic E-state index is 0.526. The van der Waals surface area contributed by atoms with Crippen LogP contribution in [0.3, 0.4) is 0 Å². The third kappa shape index (κ3) is 3.18. The first-order chi connectivity index (χ1) is 10.9. The predicted octanol–water partition coefficient (Wildman–Crippen LogP) is 4.17. The molecule has 0 heterocycles. The second-order valence-corrected chi connectivity index (χ2v) is 7.31. The zero-order chi connectivity index (χ0) is 15.2. The zero-order valence-electron chi connectivity index (χ0n) is 12.5. The number of benzene rings is 3. The van der Waals surface area contributed by atoms with Gasteiger partial charge in [0, 0.05) is 0 Å². The van der Waals surface area contributed by atoms with Gasteiger partial charge in [0.15, 0.2) is 0 Å². The molecule has 0 bridgehead atoms. The van der Waals surface area contributed by atoms with Crippen molar-refractivity contribution in [2.24, 2.45) is 0 Å². The molecule has 22 heavy (non-hydrogen) atoms. The van der Waals surface area contributed by atoms with E-state index in [1.54, 1.807) is 0 Å². The van der Waals surface area contributed by atoms with E-state index in [4.69, 9.17) is 0 Å². The lowest BCUT2D eigenvalue weighted by Crippen LogP contribution is -2.23. The second-order valence-electron chi connectivity index (χ2n) is 5.13. The quantitative estimate of drug-likeness (QED) is 0.490. The second kappa shape index (κ2) is 7.20. The van der Waals surface area contributed by atoms with Gasteiger partial charge in [0.2, 0.25) is 0 Å². The molecule has 0 N–H and O–H groups in total. The lowest BCUT2D eigenvalue weighted by atomic mass is 10.1. The van der Waals surface area contributed by atoms with E-state index < -0.39 is 7.92 Å². The van der Waals surface area contributed by atoms with Crippen LogP contribution in [0.5, 0.6) is 0 Å². The van der Waals surface area contributed by atoms with Gasteiger partial charge < -0.3 is 0 Å². The maximum Gasteiger partial charge on any atom is -0.00936 e. The lowest BCUT2D eigenvalue weighted by molar-refractivity contribution is 1.30. The van der Waals surface area contributed by atoms with Gasteiger partial charge in [-0.25, -0.2) is 0 Å². The van der Waals surface area contributed by atoms with Gasteiger partial charge in [-0.05, 0) is 35.8 Å². The van der Waals surface area contributed by atoms with Crippen molar-refractivity contribution in [3.8, 4) is 0 Å². The van der Waals surface area contributed by atoms with Gasteiger partial charge in [-0.2, -0.15) is 0 Å². The molecule has 0 spiro atoms. The highest BCUT2D eigenvalue weighted by Crippen LogP contribution is 2.34. The van der Waals surface area contributed by atoms with Crippen LogP contribution in [-0.4, -0.2) is 0 Å². The molecule has 0 aromatic heterocycles. The average molecular weight is 302 g/mol. The molecule has 0 nitrogen and oxygen atoms in total. The van der Waals surface area contributed by atoms with Gasteiger partial charge in [-0.3, -0.25) is 0 Å². The third-order valence-corrected chi connectivity index (χ3v) is 6.17. The Kier molecular flexibility index (Phi) is 4.83. The Hall–Kier alpha value is -2.17. The van der Waals surface area contributed by atoms with Crippen LogP contribution in [0.2, 0.25) is 0 Å². The van der Waals surface area contributed by atoms with Gasteiger partial charge in [0.25, 0.3) is 0 Å². The van der Waals surface area contributed by atoms with E-state index in [0.29, 0.717) is 0 Å². The minimum atomic E-state index is -0.526. The van der Waals surface area contributed by atoms with Crippen molar-refractivity contribution in [3.63, 3.8) is 0 Å². The first-order valence-electron chi connectivity index (χ1n) is 7.49. The fraction of sp³-hybridized carbons (Fsp3) is 0.0476. The van der Waals surface area contributed by atoms with Gasteiger partial charge >= 0.3 is 0 Å². The summed E-state index contributed by atoms with van der Waals surface area (Å²) in [6, 6.07) is 30.4. The van der Waals surface area contributed by atoms with Gasteiger partial charge in [0.1, 0.15) is 0 Å². The molecule has 0 aliphatic rings. The summed E-state index contributed by atoms with van der Waals surface area (Å²) in [5.74, 6) is 0. The average Bonchev–Trinajstić information content (AvgIpc) is 2.59. The lowest BCUT2D eigenvalue weighted by Gasteiger charge is -2.21. The molecule has 0 amide bonds. The summed E-state index contributed by atoms with van der Waals surface area (Å²) in [4.78, 5) is 0. The molecule has 0 saturated heterocycles. The van der Waals surface area contributed by atoms with E-state index in [1.165, 1.54) is 21.5 Å². The highest BCUT2D eigenvalue weighted by molar-refractivity contribution is 7.79. The van der Waals surface area contributed by atoms with Crippen LogP contribution in [0.4, 0.5) is 0 Å². The van der Waals surface area contributed by atoms with E-state index >= 15 is 0 Å². The Balaban J connectivity index is 2.17. The maximum absolute atomic E-state index is 3.91. The number of hydrogen-bond donors (Lipinski definition) is 0. The van der Waals surface area contributed by atoms with Crippen LogP contribution >= 0.6 is 7.92 Å². The zero-order valence-corrected chi connectivity index (χ0v) is 13.4. The van der Waals surface area contributed by atoms with E-state index in [-0.39, 0.29) is 0 Å². The molecule has 3 rings (SSSR count). The Morgan fingerprint density at radius 2 is 1.18 bits per heavy atom. The van der Waals surface area contributed by atoms with Crippen LogP contribution in [0.25, 0.3) is 0 Å². The van der Waals surface area contributed by atoms with Gasteiger partial charge in [-0.15, -0.1) is 6.58 Å². The van der Waals surface area contributed by atoms with E-state index in [1.807, 2.05) is 6.08 Å². The molecular weight excluding hydrogens is 283 g/mol. The number of hydrogen-bond acceptors (Lipinski definition) is 0. The largest absolute Gasteiger partial charge is 0.103 e. The van der Waals surface area contributed by atoms with Crippen molar-refractivity contribution in [1.29, 1.82) is 0 Å². The van der Waals surface area contributed by atoms with Crippen LogP contribution < -0.4 is 15.9 Å². The van der Waals surface area contributed by atoms with Gasteiger partial charge in [-0.1, -0.05) is 91.0 Å². The molecule has 0 atom stereocenters. The summed E-state index contributed by atoms with van der Waals surface area (Å²) >= 11 is 0. The van der Waals surface area contributed by atoms with Crippen LogP contribution in [0, 0.1) is 0 Å². The highest BCUT2D eigenvalue weighted by Gasteiger charge is 2.18. The normalized spacial score (nSPS) is 10.6. The molecule has 0 saturated carbocycles. The first kappa shape index (κ1) is 14.8. The van der Waals surface area contributed by atoms with E-state index in [0.717, 1.165) is 6.42 Å². The summed E-state index contributed by atoms with van der Waals surface area (Å²) < 4.78 is 0. The van der Waals surface area contributed by atoms with E-state index in [9.17, 15) is 0 Å². The Bertz CT molecular complexity index is 693. The number of allylic oxidation sites excluding steroid dienone is 1. The van der Waals surface area contributed by atoms with Crippen molar-refractivity contribution in [2.75, 3.05) is 0 Å². The molecule has 108 valence electrons. The fourth-order valence-corrected chi connectivity index (χ4v) is 5.12. The molecule has 0 radical (unpaired) electrons. The molecule has 0 aliphatic carbocycles. The van der Waals surface area contributed by atoms with Crippen molar-refractivity contribution in [2.45, 2.75) is 6.42 Å². The van der Waals surface area contributed by atoms with Crippen LogP contribution in [0.1, 0.15) is 5.56 Å². The predicted molar refractivity (Wildman–Crippen MR) is 99.0 cm³/mol. The standard InChI is InChI=1S/C21H19P/c1-2-11-18-12-9-10-17-21(18)22(19-13-5-3-6-14-19)20-15-7-4-8-16-20/h2-10,12-17H,1,11H2. The summed E-state index contributed by atoms with van der Waals surface area (Å²) in [6.07, 6.45) is 2.90. The van der Waals surface area contributed by atoms with Crippen molar-refractivity contribution < 1.29 is 0 Å². The Morgan fingerprint density at radius 1 is 0.682 bits per heavy atom. The Labute approximate surface area is 133 Å². The molecular formula is C21H19P. The summed E-state index contributed by atoms with van der Waals surface area (Å²) in [5, 5.41) is 4.20. The summed E-state index contributed by atoms with van der Waals surface area (Å²) in [5.41, 5.74) is 1.37. The smallest absolute Gasteiger partial charge is 0.00936 e. The SMILES string of the molecule is C=CCc1ccccc1P(c1ccccc1)c1ccccc1. The molecule has 0 fully saturated rings. The molecule has 1 heteroatoms. The summed E-state index contributed by atoms with van der Waals surface area (Å²) in [7, 11) is -0.526.